The summed E-state index contributed by atoms with van der Waals surface area (Å²) in [4.78, 5) is 16.8. The second kappa shape index (κ2) is 11.1. The van der Waals surface area contributed by atoms with Gasteiger partial charge in [-0.15, -0.1) is 0 Å². The molecular weight excluding hydrogens is 561 g/mol. The molecule has 3 N–H and O–H groups in total. The fraction of sp³-hybridized carbons (Fsp3) is 0.400. The number of rotatable bonds is 9. The van der Waals surface area contributed by atoms with E-state index in [1.165, 1.54) is 11.6 Å². The van der Waals surface area contributed by atoms with E-state index in [0.29, 0.717) is 53.1 Å². The van der Waals surface area contributed by atoms with Crippen LogP contribution in [0.2, 0.25) is 5.02 Å². The molecule has 1 saturated carbocycles. The van der Waals surface area contributed by atoms with Gasteiger partial charge in [-0.3, -0.25) is 4.90 Å². The average Bonchev–Trinajstić information content (AvgIpc) is 3.75. The SMILES string of the molecule is NC(=NO)c1cnc2c(c1)nc(CN1CCc3cc(C4CC4)c(OCc4ccc(Cl)cc4F)nc3C1)n2CC1CCO1. The molecule has 5 heterocycles. The average molecular weight is 592 g/mol. The van der Waals surface area contributed by atoms with Crippen LogP contribution in [0.15, 0.2) is 41.7 Å². The third-order valence-electron chi connectivity index (χ3n) is 8.26. The van der Waals surface area contributed by atoms with E-state index in [1.807, 2.05) is 0 Å². The number of hydrogen-bond donors (Lipinski definition) is 2. The molecule has 1 saturated heterocycles. The molecule has 1 aromatic carbocycles. The lowest BCUT2D eigenvalue weighted by molar-refractivity contribution is -0.0592. The first-order chi connectivity index (χ1) is 20.4. The van der Waals surface area contributed by atoms with Crippen molar-refractivity contribution in [3.8, 4) is 5.88 Å². The molecule has 3 aromatic heterocycles. The minimum absolute atomic E-state index is 0.0103. The first kappa shape index (κ1) is 27.1. The van der Waals surface area contributed by atoms with Crippen LogP contribution in [0.4, 0.5) is 4.39 Å². The molecule has 1 aliphatic carbocycles. The molecule has 0 radical (unpaired) electrons. The topological polar surface area (TPSA) is 124 Å². The molecule has 3 aliphatic rings. The Balaban J connectivity index is 1.14. The summed E-state index contributed by atoms with van der Waals surface area (Å²) in [6, 6.07) is 8.65. The van der Waals surface area contributed by atoms with Crippen molar-refractivity contribution in [1.82, 2.24) is 24.4 Å². The maximum Gasteiger partial charge on any atom is 0.217 e. The molecule has 42 heavy (non-hydrogen) atoms. The second-order valence-electron chi connectivity index (χ2n) is 11.2. The van der Waals surface area contributed by atoms with Gasteiger partial charge in [-0.1, -0.05) is 22.8 Å². The number of halogens is 2. The van der Waals surface area contributed by atoms with E-state index in [9.17, 15) is 4.39 Å². The number of amidine groups is 1. The zero-order valence-corrected chi connectivity index (χ0v) is 23.7. The van der Waals surface area contributed by atoms with Gasteiger partial charge in [-0.25, -0.2) is 19.3 Å². The van der Waals surface area contributed by atoms with Crippen molar-refractivity contribution in [3.05, 3.63) is 81.1 Å². The van der Waals surface area contributed by atoms with Gasteiger partial charge in [0.05, 0.1) is 24.9 Å². The summed E-state index contributed by atoms with van der Waals surface area (Å²) in [5, 5.41) is 12.6. The summed E-state index contributed by atoms with van der Waals surface area (Å²) in [7, 11) is 0. The van der Waals surface area contributed by atoms with Crippen LogP contribution in [0.25, 0.3) is 11.2 Å². The number of nitrogens with zero attached hydrogens (tertiary/aromatic N) is 6. The smallest absolute Gasteiger partial charge is 0.217 e. The number of hydrogen-bond acceptors (Lipinski definition) is 8. The minimum Gasteiger partial charge on any atom is -0.472 e. The molecule has 1 atom stereocenters. The summed E-state index contributed by atoms with van der Waals surface area (Å²) in [6.07, 6.45) is 5.81. The molecule has 7 rings (SSSR count). The zero-order valence-electron chi connectivity index (χ0n) is 23.0. The number of ether oxygens (including phenoxy) is 2. The highest BCUT2D eigenvalue weighted by Crippen LogP contribution is 2.45. The molecule has 218 valence electrons. The lowest BCUT2D eigenvalue weighted by atomic mass is 10.0. The van der Waals surface area contributed by atoms with Gasteiger partial charge in [0.2, 0.25) is 5.88 Å². The number of nitrogens with two attached hydrogens (primary N) is 1. The predicted octanol–water partition coefficient (Wildman–Crippen LogP) is 4.52. The lowest BCUT2D eigenvalue weighted by Gasteiger charge is -2.30. The molecule has 0 amide bonds. The first-order valence-electron chi connectivity index (χ1n) is 14.2. The van der Waals surface area contributed by atoms with Crippen molar-refractivity contribution in [3.63, 3.8) is 0 Å². The van der Waals surface area contributed by atoms with E-state index in [4.69, 9.17) is 42.0 Å². The summed E-state index contributed by atoms with van der Waals surface area (Å²) in [5.74, 6) is 1.51. The molecule has 2 fully saturated rings. The van der Waals surface area contributed by atoms with Gasteiger partial charge in [-0.05, 0) is 61.4 Å². The van der Waals surface area contributed by atoms with Crippen LogP contribution < -0.4 is 10.5 Å². The van der Waals surface area contributed by atoms with Crippen molar-refractivity contribution in [2.75, 3.05) is 13.2 Å². The van der Waals surface area contributed by atoms with Crippen LogP contribution >= 0.6 is 11.6 Å². The number of oxime groups is 1. The Labute approximate surface area is 246 Å². The normalized spacial score (nSPS) is 19.1. The van der Waals surface area contributed by atoms with Gasteiger partial charge in [0.15, 0.2) is 11.5 Å². The summed E-state index contributed by atoms with van der Waals surface area (Å²) in [5.41, 5.74) is 11.5. The fourth-order valence-corrected chi connectivity index (χ4v) is 5.80. The molecule has 4 aromatic rings. The largest absolute Gasteiger partial charge is 0.472 e. The lowest BCUT2D eigenvalue weighted by Crippen LogP contribution is -2.34. The first-order valence-corrected chi connectivity index (χ1v) is 14.6. The fourth-order valence-electron chi connectivity index (χ4n) is 5.64. The minimum atomic E-state index is -0.386. The maximum atomic E-state index is 14.4. The molecule has 2 aliphatic heterocycles. The van der Waals surface area contributed by atoms with Crippen LogP contribution in [-0.4, -0.2) is 54.7 Å². The van der Waals surface area contributed by atoms with Crippen molar-refractivity contribution in [1.29, 1.82) is 0 Å². The van der Waals surface area contributed by atoms with Gasteiger partial charge in [0.1, 0.15) is 23.8 Å². The van der Waals surface area contributed by atoms with E-state index in [0.717, 1.165) is 61.6 Å². The highest BCUT2D eigenvalue weighted by atomic mass is 35.5. The van der Waals surface area contributed by atoms with Crippen molar-refractivity contribution < 1.29 is 19.1 Å². The van der Waals surface area contributed by atoms with Gasteiger partial charge in [0.25, 0.3) is 0 Å². The third-order valence-corrected chi connectivity index (χ3v) is 8.50. The number of aromatic nitrogens is 4. The molecule has 12 heteroatoms. The van der Waals surface area contributed by atoms with Crippen LogP contribution in [-0.2, 0) is 37.4 Å². The van der Waals surface area contributed by atoms with E-state index < -0.39 is 0 Å². The third kappa shape index (κ3) is 5.39. The van der Waals surface area contributed by atoms with Gasteiger partial charge in [-0.2, -0.15) is 0 Å². The highest BCUT2D eigenvalue weighted by Gasteiger charge is 2.31. The Morgan fingerprint density at radius 1 is 1.21 bits per heavy atom. The van der Waals surface area contributed by atoms with E-state index >= 15 is 0 Å². The number of fused-ring (bicyclic) bond motifs is 2. The number of benzene rings is 1. The monoisotopic (exact) mass is 591 g/mol. The quantitative estimate of drug-likeness (QED) is 0.126. The van der Waals surface area contributed by atoms with E-state index in [-0.39, 0.29) is 24.4 Å². The van der Waals surface area contributed by atoms with Gasteiger partial charge >= 0.3 is 0 Å². The molecule has 1 unspecified atom stereocenters. The van der Waals surface area contributed by atoms with Crippen molar-refractivity contribution in [2.24, 2.45) is 10.9 Å². The summed E-state index contributed by atoms with van der Waals surface area (Å²) < 4.78 is 28.4. The predicted molar refractivity (Wildman–Crippen MR) is 154 cm³/mol. The van der Waals surface area contributed by atoms with Crippen LogP contribution in [0, 0.1) is 5.82 Å². The van der Waals surface area contributed by atoms with Crippen molar-refractivity contribution >= 4 is 28.6 Å². The van der Waals surface area contributed by atoms with Gasteiger partial charge < -0.3 is 25.0 Å². The Morgan fingerprint density at radius 3 is 2.81 bits per heavy atom. The standard InChI is InChI=1S/C30H31ClFN7O3/c31-21-4-3-19(24(32)11-21)16-42-30-23(17-1-2-17)9-18-5-7-38(14-26(18)36-30)15-27-35-25-10-20(28(33)37-40)12-34-29(25)39(27)13-22-6-8-41-22/h3-4,9-12,17,22,40H,1-2,5-8,13-16H2,(H2,33,37). The van der Waals surface area contributed by atoms with E-state index in [2.05, 4.69) is 25.7 Å². The Kier molecular flexibility index (Phi) is 7.17. The molecule has 0 spiro atoms. The van der Waals surface area contributed by atoms with Crippen molar-refractivity contribution in [2.45, 2.75) is 63.9 Å². The summed E-state index contributed by atoms with van der Waals surface area (Å²) >= 11 is 5.92. The van der Waals surface area contributed by atoms with Crippen LogP contribution in [0.1, 0.15) is 59.0 Å². The maximum absolute atomic E-state index is 14.4. The second-order valence-corrected chi connectivity index (χ2v) is 11.7. The Morgan fingerprint density at radius 2 is 2.07 bits per heavy atom. The summed E-state index contributed by atoms with van der Waals surface area (Å²) in [6.45, 7) is 3.61. The Hall–Kier alpha value is -3.80. The highest BCUT2D eigenvalue weighted by molar-refractivity contribution is 6.30. The molecule has 10 nitrogen and oxygen atoms in total. The van der Waals surface area contributed by atoms with Crippen LogP contribution in [0.5, 0.6) is 5.88 Å². The van der Waals surface area contributed by atoms with E-state index in [1.54, 1.807) is 24.4 Å². The zero-order chi connectivity index (χ0) is 28.8. The molecule has 0 bridgehead atoms. The number of pyridine rings is 2. The van der Waals surface area contributed by atoms with Gasteiger partial charge in [0, 0.05) is 47.6 Å². The number of imidazole rings is 1. The van der Waals surface area contributed by atoms with Crippen LogP contribution in [0.3, 0.4) is 0 Å². The Bertz CT molecular complexity index is 1690. The molecular formula is C30H31ClFN7O3.